The number of primary amides is 1. The predicted octanol–water partition coefficient (Wildman–Crippen LogP) is 0.859. The van der Waals surface area contributed by atoms with Crippen LogP contribution in [0.5, 0.6) is 0 Å². The van der Waals surface area contributed by atoms with Crippen LogP contribution in [0.4, 0.5) is 0 Å². The Bertz CT molecular complexity index is 316. The first-order chi connectivity index (χ1) is 8.62. The molecule has 1 rings (SSSR count). The highest BCUT2D eigenvalue weighted by Crippen LogP contribution is 2.21. The molecule has 112 valence electrons. The minimum absolute atomic E-state index is 0.0761. The van der Waals surface area contributed by atoms with Crippen molar-refractivity contribution in [1.82, 2.24) is 4.90 Å². The van der Waals surface area contributed by atoms with Crippen molar-refractivity contribution in [2.45, 2.75) is 64.2 Å². The maximum Gasteiger partial charge on any atom is 0.237 e. The molecule has 0 aliphatic carbocycles. The Balaban J connectivity index is 2.28. The standard InChI is InChI=1S/C14H29N3O2/c1-11-9-17(10-13(2,3)19-11)8-6-5-7-14(4,16)12(15)18/h11H,5-10,16H2,1-4H3,(H2,15,18). The maximum atomic E-state index is 11.1. The van der Waals surface area contributed by atoms with E-state index >= 15 is 0 Å². The second kappa shape index (κ2) is 6.20. The van der Waals surface area contributed by atoms with E-state index in [9.17, 15) is 4.79 Å². The molecule has 1 heterocycles. The van der Waals surface area contributed by atoms with Crippen LogP contribution in [-0.4, -0.2) is 47.7 Å². The van der Waals surface area contributed by atoms with E-state index in [2.05, 4.69) is 25.7 Å². The molecule has 0 aromatic heterocycles. The summed E-state index contributed by atoms with van der Waals surface area (Å²) in [5, 5.41) is 0. The van der Waals surface area contributed by atoms with Crippen molar-refractivity contribution in [2.75, 3.05) is 19.6 Å². The van der Waals surface area contributed by atoms with Crippen LogP contribution in [0, 0.1) is 0 Å². The molecule has 1 aliphatic heterocycles. The van der Waals surface area contributed by atoms with Crippen LogP contribution in [0.2, 0.25) is 0 Å². The van der Waals surface area contributed by atoms with Crippen LogP contribution in [0.1, 0.15) is 47.0 Å². The minimum atomic E-state index is -0.877. The van der Waals surface area contributed by atoms with Crippen LogP contribution >= 0.6 is 0 Å². The third-order valence-corrected chi connectivity index (χ3v) is 3.62. The van der Waals surface area contributed by atoms with Crippen molar-refractivity contribution >= 4 is 5.91 Å². The summed E-state index contributed by atoms with van der Waals surface area (Å²) >= 11 is 0. The molecule has 0 bridgehead atoms. The van der Waals surface area contributed by atoms with Gasteiger partial charge in [0.2, 0.25) is 5.91 Å². The second-order valence-corrected chi connectivity index (χ2v) is 6.66. The molecule has 5 heteroatoms. The van der Waals surface area contributed by atoms with Gasteiger partial charge in [0.05, 0.1) is 17.2 Å². The van der Waals surface area contributed by atoms with Gasteiger partial charge in [0.1, 0.15) is 0 Å². The van der Waals surface area contributed by atoms with Gasteiger partial charge in [0.15, 0.2) is 0 Å². The van der Waals surface area contributed by atoms with Crippen LogP contribution in [0.3, 0.4) is 0 Å². The first-order valence-electron chi connectivity index (χ1n) is 7.11. The first kappa shape index (κ1) is 16.4. The number of unbranched alkanes of at least 4 members (excludes halogenated alkanes) is 1. The van der Waals surface area contributed by atoms with Crippen molar-refractivity contribution in [3.05, 3.63) is 0 Å². The van der Waals surface area contributed by atoms with E-state index in [1.165, 1.54) is 0 Å². The summed E-state index contributed by atoms with van der Waals surface area (Å²) in [6.07, 6.45) is 2.87. The largest absolute Gasteiger partial charge is 0.370 e. The molecule has 4 N–H and O–H groups in total. The van der Waals surface area contributed by atoms with Gasteiger partial charge in [-0.25, -0.2) is 0 Å². The van der Waals surface area contributed by atoms with Gasteiger partial charge in [-0.1, -0.05) is 0 Å². The monoisotopic (exact) mass is 271 g/mol. The quantitative estimate of drug-likeness (QED) is 0.702. The topological polar surface area (TPSA) is 81.6 Å². The molecule has 1 fully saturated rings. The Morgan fingerprint density at radius 1 is 1.47 bits per heavy atom. The van der Waals surface area contributed by atoms with Crippen LogP contribution in [0.15, 0.2) is 0 Å². The molecule has 5 nitrogen and oxygen atoms in total. The van der Waals surface area contributed by atoms with E-state index in [4.69, 9.17) is 16.2 Å². The zero-order chi connectivity index (χ0) is 14.7. The molecule has 1 saturated heterocycles. The van der Waals surface area contributed by atoms with Gasteiger partial charge in [0, 0.05) is 13.1 Å². The van der Waals surface area contributed by atoms with Crippen LogP contribution in [0.25, 0.3) is 0 Å². The van der Waals surface area contributed by atoms with Crippen molar-refractivity contribution in [3.8, 4) is 0 Å². The summed E-state index contributed by atoms with van der Waals surface area (Å²) in [6, 6.07) is 0. The Morgan fingerprint density at radius 2 is 2.11 bits per heavy atom. The molecular weight excluding hydrogens is 242 g/mol. The smallest absolute Gasteiger partial charge is 0.237 e. The number of nitrogens with zero attached hydrogens (tertiary/aromatic N) is 1. The summed E-state index contributed by atoms with van der Waals surface area (Å²) in [5.74, 6) is -0.423. The average molecular weight is 271 g/mol. The summed E-state index contributed by atoms with van der Waals surface area (Å²) in [6.45, 7) is 11.0. The van der Waals surface area contributed by atoms with Crippen molar-refractivity contribution in [2.24, 2.45) is 11.5 Å². The zero-order valence-electron chi connectivity index (χ0n) is 12.7. The molecular formula is C14H29N3O2. The third-order valence-electron chi connectivity index (χ3n) is 3.62. The molecule has 0 saturated carbocycles. The molecule has 0 spiro atoms. The molecule has 2 unspecified atom stereocenters. The molecule has 2 atom stereocenters. The van der Waals surface area contributed by atoms with Gasteiger partial charge < -0.3 is 16.2 Å². The van der Waals surface area contributed by atoms with Gasteiger partial charge >= 0.3 is 0 Å². The number of rotatable bonds is 6. The number of morpholine rings is 1. The van der Waals surface area contributed by atoms with Crippen LogP contribution in [-0.2, 0) is 9.53 Å². The number of carbonyl (C=O) groups is 1. The summed E-state index contributed by atoms with van der Waals surface area (Å²) in [4.78, 5) is 13.5. The van der Waals surface area contributed by atoms with Gasteiger partial charge in [-0.15, -0.1) is 0 Å². The van der Waals surface area contributed by atoms with Crippen molar-refractivity contribution in [3.63, 3.8) is 0 Å². The van der Waals surface area contributed by atoms with Crippen LogP contribution < -0.4 is 11.5 Å². The van der Waals surface area contributed by atoms with E-state index in [1.54, 1.807) is 6.92 Å². The Hall–Kier alpha value is -0.650. The van der Waals surface area contributed by atoms with E-state index in [1.807, 2.05) is 0 Å². The fourth-order valence-corrected chi connectivity index (χ4v) is 2.71. The predicted molar refractivity (Wildman–Crippen MR) is 76.7 cm³/mol. The second-order valence-electron chi connectivity index (χ2n) is 6.66. The number of carbonyl (C=O) groups excluding carboxylic acids is 1. The lowest BCUT2D eigenvalue weighted by Crippen LogP contribution is -2.52. The lowest BCUT2D eigenvalue weighted by molar-refractivity contribution is -0.128. The van der Waals surface area contributed by atoms with Gasteiger partial charge in [-0.2, -0.15) is 0 Å². The average Bonchev–Trinajstić information content (AvgIpc) is 2.21. The highest BCUT2D eigenvalue weighted by molar-refractivity contribution is 5.83. The lowest BCUT2D eigenvalue weighted by Gasteiger charge is -2.41. The first-order valence-corrected chi connectivity index (χ1v) is 7.11. The molecule has 0 radical (unpaired) electrons. The maximum absolute atomic E-state index is 11.1. The molecule has 1 amide bonds. The summed E-state index contributed by atoms with van der Waals surface area (Å²) in [7, 11) is 0. The Morgan fingerprint density at radius 3 is 2.63 bits per heavy atom. The van der Waals surface area contributed by atoms with Gasteiger partial charge in [0.25, 0.3) is 0 Å². The number of hydrogen-bond donors (Lipinski definition) is 2. The van der Waals surface area contributed by atoms with Crippen molar-refractivity contribution in [1.29, 1.82) is 0 Å². The number of nitrogens with two attached hydrogens (primary N) is 2. The molecule has 1 aliphatic rings. The fourth-order valence-electron chi connectivity index (χ4n) is 2.71. The molecule has 0 aromatic carbocycles. The van der Waals surface area contributed by atoms with Crippen molar-refractivity contribution < 1.29 is 9.53 Å². The van der Waals surface area contributed by atoms with E-state index in [-0.39, 0.29) is 11.7 Å². The van der Waals surface area contributed by atoms with E-state index in [0.717, 1.165) is 32.5 Å². The van der Waals surface area contributed by atoms with E-state index < -0.39 is 11.4 Å². The summed E-state index contributed by atoms with van der Waals surface area (Å²) < 4.78 is 5.87. The lowest BCUT2D eigenvalue weighted by atomic mass is 9.95. The van der Waals surface area contributed by atoms with E-state index in [0.29, 0.717) is 6.42 Å². The minimum Gasteiger partial charge on any atom is -0.370 e. The SMILES string of the molecule is CC1CN(CCCCC(C)(N)C(N)=O)CC(C)(C)O1. The highest BCUT2D eigenvalue weighted by Gasteiger charge is 2.31. The molecule has 19 heavy (non-hydrogen) atoms. The number of ether oxygens (including phenoxy) is 1. The third kappa shape index (κ3) is 5.47. The summed E-state index contributed by atoms with van der Waals surface area (Å²) in [5.41, 5.74) is 10.1. The Kier molecular flexibility index (Phi) is 5.35. The fraction of sp³-hybridized carbons (Fsp3) is 0.929. The number of hydrogen-bond acceptors (Lipinski definition) is 4. The van der Waals surface area contributed by atoms with Gasteiger partial charge in [-0.05, 0) is 53.5 Å². The normalized spacial score (nSPS) is 26.9. The highest BCUT2D eigenvalue weighted by atomic mass is 16.5. The van der Waals surface area contributed by atoms with Gasteiger partial charge in [-0.3, -0.25) is 9.69 Å². The Labute approximate surface area is 116 Å². The number of amides is 1. The molecule has 0 aromatic rings. The zero-order valence-corrected chi connectivity index (χ0v) is 12.7.